The highest BCUT2D eigenvalue weighted by Gasteiger charge is 2.46. The Kier molecular flexibility index (Phi) is 2.90. The quantitative estimate of drug-likeness (QED) is 0.704. The first-order chi connectivity index (χ1) is 8.40. The van der Waals surface area contributed by atoms with Crippen molar-refractivity contribution < 1.29 is 14.7 Å². The number of primary amides is 1. The lowest BCUT2D eigenvalue weighted by atomic mass is 9.67. The van der Waals surface area contributed by atoms with E-state index in [9.17, 15) is 9.59 Å². The minimum Gasteiger partial charge on any atom is -0.481 e. The highest BCUT2D eigenvalue weighted by atomic mass is 16.4. The van der Waals surface area contributed by atoms with Crippen molar-refractivity contribution in [3.63, 3.8) is 0 Å². The van der Waals surface area contributed by atoms with Crippen molar-refractivity contribution in [1.82, 2.24) is 9.97 Å². The predicted octanol–water partition coefficient (Wildman–Crippen LogP) is 0.241. The van der Waals surface area contributed by atoms with E-state index in [-0.39, 0.29) is 11.7 Å². The Labute approximate surface area is 103 Å². The number of hydrogen-bond acceptors (Lipinski definition) is 5. The molecule has 7 nitrogen and oxygen atoms in total. The maximum atomic E-state index is 10.9. The molecule has 0 unspecified atom stereocenters. The third-order valence-corrected chi connectivity index (χ3v) is 3.15. The summed E-state index contributed by atoms with van der Waals surface area (Å²) in [5, 5.41) is 12.0. The van der Waals surface area contributed by atoms with Crippen LogP contribution >= 0.6 is 0 Å². The van der Waals surface area contributed by atoms with Crippen LogP contribution in [0.1, 0.15) is 30.3 Å². The smallest absolute Gasteiger partial charge is 0.309 e. The van der Waals surface area contributed by atoms with Crippen molar-refractivity contribution in [2.75, 3.05) is 5.32 Å². The molecule has 7 heteroatoms. The number of aliphatic carboxylic acids is 1. The summed E-state index contributed by atoms with van der Waals surface area (Å²) < 4.78 is 0. The molecule has 1 aromatic rings. The largest absolute Gasteiger partial charge is 0.481 e. The number of anilines is 1. The van der Waals surface area contributed by atoms with Gasteiger partial charge >= 0.3 is 5.97 Å². The molecule has 1 aromatic heterocycles. The van der Waals surface area contributed by atoms with E-state index in [4.69, 9.17) is 10.8 Å². The average Bonchev–Trinajstić information content (AvgIpc) is 2.26. The zero-order valence-electron chi connectivity index (χ0n) is 9.88. The van der Waals surface area contributed by atoms with Crippen LogP contribution in [0.15, 0.2) is 12.3 Å². The third kappa shape index (κ3) is 2.24. The maximum absolute atomic E-state index is 10.9. The second-order valence-electron chi connectivity index (χ2n) is 4.75. The van der Waals surface area contributed by atoms with Gasteiger partial charge in [-0.15, -0.1) is 0 Å². The van der Waals surface area contributed by atoms with Crippen LogP contribution in [0, 0.1) is 5.41 Å². The van der Waals surface area contributed by atoms with Gasteiger partial charge in [-0.25, -0.2) is 9.97 Å². The number of amides is 1. The van der Waals surface area contributed by atoms with Crippen LogP contribution in [0.5, 0.6) is 0 Å². The van der Waals surface area contributed by atoms with Gasteiger partial charge in [0.15, 0.2) is 0 Å². The SMILES string of the molecule is CC1(C(=O)O)CC(Nc2nccc(C(N)=O)n2)C1. The van der Waals surface area contributed by atoms with E-state index in [1.165, 1.54) is 12.3 Å². The van der Waals surface area contributed by atoms with Crippen LogP contribution in [-0.4, -0.2) is 33.0 Å². The highest BCUT2D eigenvalue weighted by molar-refractivity contribution is 5.90. The number of hydrogen-bond donors (Lipinski definition) is 3. The van der Waals surface area contributed by atoms with Gasteiger partial charge in [-0.1, -0.05) is 0 Å². The van der Waals surface area contributed by atoms with E-state index in [1.54, 1.807) is 6.92 Å². The summed E-state index contributed by atoms with van der Waals surface area (Å²) in [6.07, 6.45) is 2.45. The number of carbonyl (C=O) groups excluding carboxylic acids is 1. The number of nitrogens with one attached hydrogen (secondary N) is 1. The summed E-state index contributed by atoms with van der Waals surface area (Å²) in [4.78, 5) is 29.8. The molecule has 0 saturated heterocycles. The summed E-state index contributed by atoms with van der Waals surface area (Å²) in [5.74, 6) is -1.12. The second-order valence-corrected chi connectivity index (χ2v) is 4.75. The number of carboxylic acids is 1. The van der Waals surface area contributed by atoms with Gasteiger partial charge in [0.2, 0.25) is 5.95 Å². The standard InChI is InChI=1S/C11H14N4O3/c1-11(9(17)18)4-6(5-11)14-10-13-3-2-7(15-10)8(12)16/h2-3,6H,4-5H2,1H3,(H2,12,16)(H,17,18)(H,13,14,15). The van der Waals surface area contributed by atoms with Gasteiger partial charge < -0.3 is 16.2 Å². The van der Waals surface area contributed by atoms with Gasteiger partial charge in [-0.05, 0) is 25.8 Å². The lowest BCUT2D eigenvalue weighted by Crippen LogP contribution is -2.48. The van der Waals surface area contributed by atoms with Gasteiger partial charge in [-0.2, -0.15) is 0 Å². The summed E-state index contributed by atoms with van der Waals surface area (Å²) in [6.45, 7) is 1.70. The van der Waals surface area contributed by atoms with Gasteiger partial charge in [0.25, 0.3) is 5.91 Å². The number of carboxylic acid groups (broad SMARTS) is 1. The van der Waals surface area contributed by atoms with E-state index in [0.717, 1.165) is 0 Å². The lowest BCUT2D eigenvalue weighted by molar-refractivity contribution is -0.153. The second kappa shape index (κ2) is 4.25. The van der Waals surface area contributed by atoms with E-state index >= 15 is 0 Å². The first-order valence-corrected chi connectivity index (χ1v) is 5.53. The van der Waals surface area contributed by atoms with Crippen LogP contribution in [0.3, 0.4) is 0 Å². The fraction of sp³-hybridized carbons (Fsp3) is 0.455. The first kappa shape index (κ1) is 12.3. The molecule has 0 radical (unpaired) electrons. The zero-order chi connectivity index (χ0) is 13.3. The molecule has 1 aliphatic carbocycles. The van der Waals surface area contributed by atoms with Crippen LogP contribution in [0.25, 0.3) is 0 Å². The molecule has 1 aliphatic rings. The molecule has 0 aromatic carbocycles. The molecule has 96 valence electrons. The van der Waals surface area contributed by atoms with Crippen LogP contribution < -0.4 is 11.1 Å². The van der Waals surface area contributed by atoms with Crippen LogP contribution in [-0.2, 0) is 4.79 Å². The average molecular weight is 250 g/mol. The van der Waals surface area contributed by atoms with E-state index in [0.29, 0.717) is 18.8 Å². The molecule has 0 atom stereocenters. The molecule has 1 saturated carbocycles. The molecular weight excluding hydrogens is 236 g/mol. The van der Waals surface area contributed by atoms with Crippen molar-refractivity contribution in [2.45, 2.75) is 25.8 Å². The Morgan fingerprint density at radius 1 is 1.56 bits per heavy atom. The van der Waals surface area contributed by atoms with E-state index in [1.807, 2.05) is 0 Å². The number of carbonyl (C=O) groups is 2. The van der Waals surface area contributed by atoms with Crippen LogP contribution in [0.4, 0.5) is 5.95 Å². The van der Waals surface area contributed by atoms with Gasteiger partial charge in [0, 0.05) is 12.2 Å². The molecular formula is C11H14N4O3. The first-order valence-electron chi connectivity index (χ1n) is 5.53. The van der Waals surface area contributed by atoms with Gasteiger partial charge in [0.1, 0.15) is 5.69 Å². The predicted molar refractivity (Wildman–Crippen MR) is 62.9 cm³/mol. The summed E-state index contributed by atoms with van der Waals surface area (Å²) in [7, 11) is 0. The molecule has 0 spiro atoms. The Hall–Kier alpha value is -2.18. The van der Waals surface area contributed by atoms with Gasteiger partial charge in [0.05, 0.1) is 5.41 Å². The van der Waals surface area contributed by atoms with E-state index < -0.39 is 17.3 Å². The minimum atomic E-state index is -0.799. The Morgan fingerprint density at radius 2 is 2.22 bits per heavy atom. The molecule has 4 N–H and O–H groups in total. The lowest BCUT2D eigenvalue weighted by Gasteiger charge is -2.41. The van der Waals surface area contributed by atoms with Crippen molar-refractivity contribution in [3.05, 3.63) is 18.0 Å². The molecule has 18 heavy (non-hydrogen) atoms. The molecule has 0 bridgehead atoms. The fourth-order valence-electron chi connectivity index (χ4n) is 2.05. The van der Waals surface area contributed by atoms with Crippen molar-refractivity contribution in [2.24, 2.45) is 11.1 Å². The number of aromatic nitrogens is 2. The molecule has 1 amide bonds. The fourth-order valence-corrected chi connectivity index (χ4v) is 2.05. The van der Waals surface area contributed by atoms with Crippen molar-refractivity contribution in [3.8, 4) is 0 Å². The van der Waals surface area contributed by atoms with Crippen LogP contribution in [0.2, 0.25) is 0 Å². The number of nitrogens with zero attached hydrogens (tertiary/aromatic N) is 2. The number of nitrogens with two attached hydrogens (primary N) is 1. The summed E-state index contributed by atoms with van der Waals surface area (Å²) >= 11 is 0. The van der Waals surface area contributed by atoms with Crippen molar-refractivity contribution >= 4 is 17.8 Å². The highest BCUT2D eigenvalue weighted by Crippen LogP contribution is 2.41. The topological polar surface area (TPSA) is 118 Å². The monoisotopic (exact) mass is 250 g/mol. The molecule has 2 rings (SSSR count). The Morgan fingerprint density at radius 3 is 2.78 bits per heavy atom. The molecule has 1 fully saturated rings. The van der Waals surface area contributed by atoms with E-state index in [2.05, 4.69) is 15.3 Å². The molecule has 0 aliphatic heterocycles. The third-order valence-electron chi connectivity index (χ3n) is 3.15. The summed E-state index contributed by atoms with van der Waals surface area (Å²) in [6, 6.07) is 1.43. The summed E-state index contributed by atoms with van der Waals surface area (Å²) in [5.41, 5.74) is 4.56. The Bertz CT molecular complexity index is 497. The Balaban J connectivity index is 1.98. The normalized spacial score (nSPS) is 26.2. The maximum Gasteiger partial charge on any atom is 0.309 e. The van der Waals surface area contributed by atoms with Crippen molar-refractivity contribution in [1.29, 1.82) is 0 Å². The van der Waals surface area contributed by atoms with Gasteiger partial charge in [-0.3, -0.25) is 9.59 Å². The number of rotatable bonds is 4. The minimum absolute atomic E-state index is 0.00854. The molecule has 1 heterocycles. The zero-order valence-corrected chi connectivity index (χ0v) is 9.88.